The summed E-state index contributed by atoms with van der Waals surface area (Å²) >= 11 is 9.59. The number of benzene rings is 1. The van der Waals surface area contributed by atoms with Crippen molar-refractivity contribution in [2.24, 2.45) is 5.92 Å². The van der Waals surface area contributed by atoms with Crippen molar-refractivity contribution in [2.45, 2.75) is 25.2 Å². The Morgan fingerprint density at radius 2 is 2.36 bits per heavy atom. The van der Waals surface area contributed by atoms with Crippen molar-refractivity contribution in [1.82, 2.24) is 0 Å². The summed E-state index contributed by atoms with van der Waals surface area (Å²) in [6, 6.07) is 8.32. The van der Waals surface area contributed by atoms with Gasteiger partial charge in [-0.2, -0.15) is 0 Å². The largest absolute Gasteiger partial charge is 0.0925 e. The molecule has 0 aromatic heterocycles. The Labute approximate surface area is 98.8 Å². The SMILES string of the molecule is CCC1(c2cccc(Cl)c2)CC1CBr. The zero-order chi connectivity index (χ0) is 10.2. The van der Waals surface area contributed by atoms with E-state index < -0.39 is 0 Å². The zero-order valence-electron chi connectivity index (χ0n) is 8.26. The molecule has 2 unspecified atom stereocenters. The van der Waals surface area contributed by atoms with Crippen LogP contribution in [0.3, 0.4) is 0 Å². The second-order valence-electron chi connectivity index (χ2n) is 4.08. The van der Waals surface area contributed by atoms with Crippen LogP contribution >= 0.6 is 27.5 Å². The first kappa shape index (κ1) is 10.5. The molecule has 0 heterocycles. The van der Waals surface area contributed by atoms with Gasteiger partial charge in [-0.1, -0.05) is 46.6 Å². The molecule has 76 valence electrons. The molecule has 14 heavy (non-hydrogen) atoms. The molecule has 0 saturated heterocycles. The van der Waals surface area contributed by atoms with Gasteiger partial charge >= 0.3 is 0 Å². The molecule has 1 aromatic carbocycles. The second kappa shape index (κ2) is 3.86. The molecule has 2 atom stereocenters. The lowest BCUT2D eigenvalue weighted by molar-refractivity contribution is 0.612. The van der Waals surface area contributed by atoms with Crippen LogP contribution in [0, 0.1) is 5.92 Å². The van der Waals surface area contributed by atoms with E-state index in [0.29, 0.717) is 5.41 Å². The first-order valence-electron chi connectivity index (χ1n) is 5.05. The van der Waals surface area contributed by atoms with E-state index in [1.807, 2.05) is 6.07 Å². The number of hydrogen-bond donors (Lipinski definition) is 0. The molecule has 0 bridgehead atoms. The van der Waals surface area contributed by atoms with E-state index in [1.54, 1.807) is 0 Å². The van der Waals surface area contributed by atoms with Crippen LogP contribution in [0.5, 0.6) is 0 Å². The van der Waals surface area contributed by atoms with Gasteiger partial charge in [0.15, 0.2) is 0 Å². The fraction of sp³-hybridized carbons (Fsp3) is 0.500. The lowest BCUT2D eigenvalue weighted by Gasteiger charge is -2.15. The number of hydrogen-bond acceptors (Lipinski definition) is 0. The molecule has 0 nitrogen and oxygen atoms in total. The molecule has 1 aliphatic rings. The van der Waals surface area contributed by atoms with Crippen LogP contribution in [0.2, 0.25) is 5.02 Å². The monoisotopic (exact) mass is 272 g/mol. The van der Waals surface area contributed by atoms with Gasteiger partial charge in [-0.05, 0) is 41.9 Å². The quantitative estimate of drug-likeness (QED) is 0.716. The first-order chi connectivity index (χ1) is 6.73. The minimum atomic E-state index is 0.411. The minimum absolute atomic E-state index is 0.411. The smallest absolute Gasteiger partial charge is 0.0408 e. The molecule has 2 heteroatoms. The molecule has 1 aromatic rings. The van der Waals surface area contributed by atoms with E-state index in [0.717, 1.165) is 16.3 Å². The molecule has 1 aliphatic carbocycles. The number of rotatable bonds is 3. The molecular formula is C12H14BrCl. The van der Waals surface area contributed by atoms with Crippen LogP contribution in [0.25, 0.3) is 0 Å². The van der Waals surface area contributed by atoms with Crippen molar-refractivity contribution in [3.63, 3.8) is 0 Å². The maximum Gasteiger partial charge on any atom is 0.0408 e. The fourth-order valence-electron chi connectivity index (χ4n) is 2.37. The zero-order valence-corrected chi connectivity index (χ0v) is 10.6. The molecule has 0 spiro atoms. The Morgan fingerprint density at radius 3 is 2.86 bits per heavy atom. The van der Waals surface area contributed by atoms with E-state index in [1.165, 1.54) is 18.4 Å². The molecular weight excluding hydrogens is 259 g/mol. The summed E-state index contributed by atoms with van der Waals surface area (Å²) in [5, 5.41) is 1.96. The third kappa shape index (κ3) is 1.61. The van der Waals surface area contributed by atoms with Crippen molar-refractivity contribution in [2.75, 3.05) is 5.33 Å². The summed E-state index contributed by atoms with van der Waals surface area (Å²) in [6.45, 7) is 2.27. The third-order valence-corrected chi connectivity index (χ3v) is 4.47. The number of halogens is 2. The van der Waals surface area contributed by atoms with Gasteiger partial charge in [-0.15, -0.1) is 0 Å². The Hall–Kier alpha value is -0.0100. The number of alkyl halides is 1. The van der Waals surface area contributed by atoms with Crippen molar-refractivity contribution >= 4 is 27.5 Å². The average Bonchev–Trinajstić information content (AvgIpc) is 2.93. The summed E-state index contributed by atoms with van der Waals surface area (Å²) in [5.74, 6) is 0.797. The molecule has 0 amide bonds. The molecule has 1 fully saturated rings. The lowest BCUT2D eigenvalue weighted by Crippen LogP contribution is -2.09. The molecule has 1 saturated carbocycles. The van der Waals surface area contributed by atoms with Crippen LogP contribution < -0.4 is 0 Å². The van der Waals surface area contributed by atoms with E-state index in [4.69, 9.17) is 11.6 Å². The van der Waals surface area contributed by atoms with Gasteiger partial charge < -0.3 is 0 Å². The van der Waals surface area contributed by atoms with Crippen molar-refractivity contribution < 1.29 is 0 Å². The molecule has 0 radical (unpaired) electrons. The Morgan fingerprint density at radius 1 is 1.57 bits per heavy atom. The van der Waals surface area contributed by atoms with Crippen molar-refractivity contribution in [3.8, 4) is 0 Å². The summed E-state index contributed by atoms with van der Waals surface area (Å²) in [7, 11) is 0. The van der Waals surface area contributed by atoms with Gasteiger partial charge in [0.05, 0.1) is 0 Å². The lowest BCUT2D eigenvalue weighted by atomic mass is 9.91. The van der Waals surface area contributed by atoms with Gasteiger partial charge in [0, 0.05) is 10.4 Å². The van der Waals surface area contributed by atoms with Crippen LogP contribution in [-0.4, -0.2) is 5.33 Å². The summed E-state index contributed by atoms with van der Waals surface area (Å²) in [4.78, 5) is 0. The second-order valence-corrected chi connectivity index (χ2v) is 5.16. The fourth-order valence-corrected chi connectivity index (χ4v) is 3.41. The Bertz CT molecular complexity index is 337. The minimum Gasteiger partial charge on any atom is -0.0925 e. The van der Waals surface area contributed by atoms with Crippen LogP contribution in [0.4, 0.5) is 0 Å². The van der Waals surface area contributed by atoms with Gasteiger partial charge in [-0.3, -0.25) is 0 Å². The molecule has 0 N–H and O–H groups in total. The third-order valence-electron chi connectivity index (χ3n) is 3.45. The van der Waals surface area contributed by atoms with Gasteiger partial charge in [-0.25, -0.2) is 0 Å². The van der Waals surface area contributed by atoms with Crippen LogP contribution in [0.15, 0.2) is 24.3 Å². The highest BCUT2D eigenvalue weighted by Crippen LogP contribution is 2.57. The predicted molar refractivity (Wildman–Crippen MR) is 65.3 cm³/mol. The van der Waals surface area contributed by atoms with Gasteiger partial charge in [0.2, 0.25) is 0 Å². The Balaban J connectivity index is 2.30. The topological polar surface area (TPSA) is 0 Å². The average molecular weight is 274 g/mol. The Kier molecular flexibility index (Phi) is 2.90. The van der Waals surface area contributed by atoms with Crippen molar-refractivity contribution in [1.29, 1.82) is 0 Å². The highest BCUT2D eigenvalue weighted by atomic mass is 79.9. The van der Waals surface area contributed by atoms with E-state index in [2.05, 4.69) is 41.1 Å². The normalized spacial score (nSPS) is 30.4. The van der Waals surface area contributed by atoms with Crippen LogP contribution in [-0.2, 0) is 5.41 Å². The maximum atomic E-state index is 6.01. The highest BCUT2D eigenvalue weighted by molar-refractivity contribution is 9.09. The van der Waals surface area contributed by atoms with Crippen LogP contribution in [0.1, 0.15) is 25.3 Å². The maximum absolute atomic E-state index is 6.01. The summed E-state index contributed by atoms with van der Waals surface area (Å²) < 4.78 is 0. The van der Waals surface area contributed by atoms with E-state index in [9.17, 15) is 0 Å². The highest BCUT2D eigenvalue weighted by Gasteiger charge is 2.52. The van der Waals surface area contributed by atoms with E-state index in [-0.39, 0.29) is 0 Å². The van der Waals surface area contributed by atoms with Gasteiger partial charge in [0.25, 0.3) is 0 Å². The predicted octanol–water partition coefficient (Wildman–Crippen LogP) is 4.40. The summed E-state index contributed by atoms with van der Waals surface area (Å²) in [6.07, 6.45) is 2.51. The first-order valence-corrected chi connectivity index (χ1v) is 6.55. The van der Waals surface area contributed by atoms with Crippen molar-refractivity contribution in [3.05, 3.63) is 34.9 Å². The standard InChI is InChI=1S/C12H14BrCl/c1-2-12(7-10(12)8-13)9-4-3-5-11(14)6-9/h3-6,10H,2,7-8H2,1H3. The van der Waals surface area contributed by atoms with Gasteiger partial charge in [0.1, 0.15) is 0 Å². The summed E-state index contributed by atoms with van der Waals surface area (Å²) in [5.41, 5.74) is 1.82. The molecule has 0 aliphatic heterocycles. The molecule has 2 rings (SSSR count). The van der Waals surface area contributed by atoms with E-state index >= 15 is 0 Å².